The Hall–Kier alpha value is -0.770. The summed E-state index contributed by atoms with van der Waals surface area (Å²) < 4.78 is 0. The maximum Gasteiger partial charge on any atom is 0.317 e. The average molecular weight is 269 g/mol. The minimum absolute atomic E-state index is 0.0149. The number of nitrogens with zero attached hydrogens (tertiary/aromatic N) is 2. The lowest BCUT2D eigenvalue weighted by atomic mass is 9.58. The zero-order valence-corrected chi connectivity index (χ0v) is 13.7. The van der Waals surface area contributed by atoms with Crippen LogP contribution in [0.2, 0.25) is 0 Å². The van der Waals surface area contributed by atoms with Gasteiger partial charge in [-0.05, 0) is 45.2 Å². The van der Waals surface area contributed by atoms with Gasteiger partial charge in [-0.2, -0.15) is 0 Å². The summed E-state index contributed by atoms with van der Waals surface area (Å²) in [4.78, 5) is 15.9. The molecule has 1 saturated carbocycles. The Morgan fingerprint density at radius 2 is 1.79 bits per heavy atom. The molecule has 1 rings (SSSR count). The van der Waals surface area contributed by atoms with Crippen molar-refractivity contribution >= 4 is 6.03 Å². The molecule has 4 nitrogen and oxygen atoms in total. The van der Waals surface area contributed by atoms with Gasteiger partial charge in [0.2, 0.25) is 0 Å². The van der Waals surface area contributed by atoms with Gasteiger partial charge in [0.25, 0.3) is 0 Å². The van der Waals surface area contributed by atoms with Crippen LogP contribution in [0.4, 0.5) is 4.79 Å². The van der Waals surface area contributed by atoms with Gasteiger partial charge in [0, 0.05) is 26.2 Å². The molecule has 1 fully saturated rings. The van der Waals surface area contributed by atoms with Crippen molar-refractivity contribution in [3.63, 3.8) is 0 Å². The molecule has 2 amide bonds. The van der Waals surface area contributed by atoms with Gasteiger partial charge in [0.05, 0.1) is 0 Å². The average Bonchev–Trinajstić information content (AvgIpc) is 2.24. The van der Waals surface area contributed by atoms with E-state index in [-0.39, 0.29) is 17.0 Å². The Morgan fingerprint density at radius 1 is 1.21 bits per heavy atom. The second kappa shape index (κ2) is 5.70. The molecule has 0 saturated heterocycles. The third-order valence-electron chi connectivity index (χ3n) is 5.05. The Labute approximate surface area is 118 Å². The maximum absolute atomic E-state index is 12.0. The first-order valence-corrected chi connectivity index (χ1v) is 7.24. The van der Waals surface area contributed by atoms with Crippen molar-refractivity contribution in [2.45, 2.75) is 45.6 Å². The van der Waals surface area contributed by atoms with Crippen molar-refractivity contribution in [2.24, 2.45) is 11.3 Å². The van der Waals surface area contributed by atoms with Crippen molar-refractivity contribution in [3.05, 3.63) is 0 Å². The van der Waals surface area contributed by atoms with Gasteiger partial charge in [0.1, 0.15) is 0 Å². The van der Waals surface area contributed by atoms with Crippen LogP contribution in [0.5, 0.6) is 0 Å². The number of nitrogens with one attached hydrogen (secondary N) is 1. The van der Waals surface area contributed by atoms with E-state index >= 15 is 0 Å². The summed E-state index contributed by atoms with van der Waals surface area (Å²) in [6.07, 6.45) is 3.49. The smallest absolute Gasteiger partial charge is 0.317 e. The maximum atomic E-state index is 12.0. The number of carbonyl (C=O) groups is 1. The van der Waals surface area contributed by atoms with Crippen molar-refractivity contribution in [1.29, 1.82) is 0 Å². The fraction of sp³-hybridized carbons (Fsp3) is 0.933. The molecule has 0 aromatic rings. The van der Waals surface area contributed by atoms with Crippen LogP contribution < -0.4 is 5.32 Å². The number of hydrogen-bond acceptors (Lipinski definition) is 2. The summed E-state index contributed by atoms with van der Waals surface area (Å²) in [5.74, 6) is 0.615. The summed E-state index contributed by atoms with van der Waals surface area (Å²) in [7, 11) is 7.85. The number of carbonyl (C=O) groups excluding carboxylic acids is 1. The standard InChI is InChI=1S/C15H31N3O/c1-14(2)12(11-17(4)5)9-8-10-15(14,3)16-13(19)18(6)7/h12H,8-11H2,1-7H3,(H,16,19). The van der Waals surface area contributed by atoms with Gasteiger partial charge in [0.15, 0.2) is 0 Å². The van der Waals surface area contributed by atoms with Crippen molar-refractivity contribution in [1.82, 2.24) is 15.1 Å². The van der Waals surface area contributed by atoms with E-state index in [2.05, 4.69) is 45.1 Å². The molecule has 19 heavy (non-hydrogen) atoms. The quantitative estimate of drug-likeness (QED) is 0.854. The summed E-state index contributed by atoms with van der Waals surface area (Å²) in [5.41, 5.74) is -0.0333. The van der Waals surface area contributed by atoms with E-state index < -0.39 is 0 Å². The molecule has 0 aliphatic heterocycles. The van der Waals surface area contributed by atoms with E-state index in [4.69, 9.17) is 0 Å². The molecule has 0 heterocycles. The van der Waals surface area contributed by atoms with E-state index in [1.54, 1.807) is 19.0 Å². The van der Waals surface area contributed by atoms with Crippen LogP contribution in [0.3, 0.4) is 0 Å². The first kappa shape index (κ1) is 16.3. The van der Waals surface area contributed by atoms with Crippen molar-refractivity contribution in [3.8, 4) is 0 Å². The molecular formula is C15H31N3O. The van der Waals surface area contributed by atoms with Gasteiger partial charge in [-0.1, -0.05) is 20.3 Å². The Balaban J connectivity index is 2.89. The first-order chi connectivity index (χ1) is 8.60. The fourth-order valence-corrected chi connectivity index (χ4v) is 3.17. The minimum Gasteiger partial charge on any atom is -0.332 e. The zero-order chi connectivity index (χ0) is 14.8. The van der Waals surface area contributed by atoms with E-state index in [0.717, 1.165) is 13.0 Å². The molecule has 0 radical (unpaired) electrons. The Kier molecular flexibility index (Phi) is 4.88. The van der Waals surface area contributed by atoms with Crippen molar-refractivity contribution < 1.29 is 4.79 Å². The SMILES string of the molecule is CN(C)CC1CCCC(C)(NC(=O)N(C)C)C1(C)C. The van der Waals surface area contributed by atoms with E-state index in [0.29, 0.717) is 5.92 Å². The molecule has 2 unspecified atom stereocenters. The van der Waals surface area contributed by atoms with E-state index in [1.807, 2.05) is 0 Å². The van der Waals surface area contributed by atoms with Gasteiger partial charge in [-0.25, -0.2) is 4.79 Å². The van der Waals surface area contributed by atoms with Gasteiger partial charge in [-0.15, -0.1) is 0 Å². The van der Waals surface area contributed by atoms with Gasteiger partial charge in [-0.3, -0.25) is 0 Å². The van der Waals surface area contributed by atoms with Crippen LogP contribution in [0.1, 0.15) is 40.0 Å². The second-order valence-corrected chi connectivity index (χ2v) is 7.23. The number of urea groups is 1. The summed E-state index contributed by atoms with van der Waals surface area (Å²) in [6, 6.07) is 0.0149. The topological polar surface area (TPSA) is 35.6 Å². The highest BCUT2D eigenvalue weighted by Crippen LogP contribution is 2.47. The first-order valence-electron chi connectivity index (χ1n) is 7.24. The molecule has 0 aromatic heterocycles. The predicted octanol–water partition coefficient (Wildman–Crippen LogP) is 2.40. The van der Waals surface area contributed by atoms with Crippen LogP contribution in [-0.2, 0) is 0 Å². The fourth-order valence-electron chi connectivity index (χ4n) is 3.17. The monoisotopic (exact) mass is 269 g/mol. The third-order valence-corrected chi connectivity index (χ3v) is 5.05. The van der Waals surface area contributed by atoms with E-state index in [1.165, 1.54) is 12.8 Å². The summed E-state index contributed by atoms with van der Waals surface area (Å²) in [5, 5.41) is 3.26. The lowest BCUT2D eigenvalue weighted by Gasteiger charge is -2.53. The predicted molar refractivity (Wildman–Crippen MR) is 80.3 cm³/mol. The lowest BCUT2D eigenvalue weighted by molar-refractivity contribution is 0.00945. The van der Waals surface area contributed by atoms with Gasteiger partial charge < -0.3 is 15.1 Å². The highest BCUT2D eigenvalue weighted by atomic mass is 16.2. The minimum atomic E-state index is -0.132. The number of rotatable bonds is 3. The third kappa shape index (κ3) is 3.41. The normalized spacial score (nSPS) is 30.2. The van der Waals surface area contributed by atoms with Crippen molar-refractivity contribution in [2.75, 3.05) is 34.7 Å². The highest BCUT2D eigenvalue weighted by molar-refractivity contribution is 5.74. The number of hydrogen-bond donors (Lipinski definition) is 1. The highest BCUT2D eigenvalue weighted by Gasteiger charge is 2.49. The van der Waals surface area contributed by atoms with Crippen LogP contribution in [0.15, 0.2) is 0 Å². The number of amides is 2. The Bertz CT molecular complexity index is 325. The largest absolute Gasteiger partial charge is 0.332 e. The van der Waals surface area contributed by atoms with E-state index in [9.17, 15) is 4.79 Å². The molecule has 112 valence electrons. The van der Waals surface area contributed by atoms with Crippen LogP contribution in [0.25, 0.3) is 0 Å². The molecule has 1 aliphatic carbocycles. The van der Waals surface area contributed by atoms with Crippen LogP contribution >= 0.6 is 0 Å². The Morgan fingerprint density at radius 3 is 2.26 bits per heavy atom. The summed E-state index contributed by atoms with van der Waals surface area (Å²) in [6.45, 7) is 7.89. The molecule has 1 N–H and O–H groups in total. The lowest BCUT2D eigenvalue weighted by Crippen LogP contribution is -2.62. The van der Waals surface area contributed by atoms with Crippen LogP contribution in [0, 0.1) is 11.3 Å². The molecule has 1 aliphatic rings. The summed E-state index contributed by atoms with van der Waals surface area (Å²) >= 11 is 0. The molecule has 0 spiro atoms. The van der Waals surface area contributed by atoms with Gasteiger partial charge >= 0.3 is 6.03 Å². The molecule has 2 atom stereocenters. The molecule has 0 bridgehead atoms. The molecule has 0 aromatic carbocycles. The second-order valence-electron chi connectivity index (χ2n) is 7.23. The molecular weight excluding hydrogens is 238 g/mol. The zero-order valence-electron chi connectivity index (χ0n) is 13.7. The molecule has 4 heteroatoms. The van der Waals surface area contributed by atoms with Crippen LogP contribution in [-0.4, -0.2) is 56.1 Å².